The lowest BCUT2D eigenvalue weighted by Gasteiger charge is -2.30. The second-order valence-electron chi connectivity index (χ2n) is 10.3. The number of nitrogens with one attached hydrogen (secondary N) is 1. The monoisotopic (exact) mass is 468 g/mol. The van der Waals surface area contributed by atoms with Crippen LogP contribution in [0.3, 0.4) is 0 Å². The second kappa shape index (κ2) is 7.84. The van der Waals surface area contributed by atoms with Crippen molar-refractivity contribution >= 4 is 21.7 Å². The van der Waals surface area contributed by atoms with Crippen LogP contribution in [0.15, 0.2) is 48.5 Å². The van der Waals surface area contributed by atoms with Gasteiger partial charge in [-0.05, 0) is 72.9 Å². The minimum absolute atomic E-state index is 0.0970. The Balaban J connectivity index is 1.25. The highest BCUT2D eigenvalue weighted by molar-refractivity contribution is 7.92. The molecule has 2 aromatic carbocycles. The molecule has 2 aliphatic carbocycles. The Morgan fingerprint density at radius 2 is 1.73 bits per heavy atom. The maximum atomic E-state index is 12.3. The molecule has 1 saturated heterocycles. The summed E-state index contributed by atoms with van der Waals surface area (Å²) in [7, 11) is -3.31. The van der Waals surface area contributed by atoms with E-state index in [0.29, 0.717) is 36.8 Å². The topological polar surface area (TPSA) is 86.7 Å². The molecule has 6 nitrogen and oxygen atoms in total. The first-order valence-corrected chi connectivity index (χ1v) is 13.7. The summed E-state index contributed by atoms with van der Waals surface area (Å²) in [5, 5.41) is 10.1. The predicted octanol–water partition coefficient (Wildman–Crippen LogP) is 3.53. The molecule has 2 fully saturated rings. The maximum absolute atomic E-state index is 12.3. The van der Waals surface area contributed by atoms with Crippen LogP contribution in [0.25, 0.3) is 0 Å². The number of nitrogens with zero attached hydrogens (tertiary/aromatic N) is 1. The van der Waals surface area contributed by atoms with E-state index in [1.165, 1.54) is 22.9 Å². The molecule has 1 aliphatic heterocycles. The van der Waals surface area contributed by atoms with E-state index in [9.17, 15) is 18.3 Å². The van der Waals surface area contributed by atoms with Gasteiger partial charge in [0, 0.05) is 24.2 Å². The summed E-state index contributed by atoms with van der Waals surface area (Å²) >= 11 is 0. The van der Waals surface area contributed by atoms with Crippen LogP contribution in [-0.4, -0.2) is 50.3 Å². The molecule has 1 heterocycles. The average Bonchev–Trinajstić information content (AvgIpc) is 3.07. The molecule has 0 bridgehead atoms. The normalized spacial score (nSPS) is 27.7. The SMILES string of the molecule is CCC1(c2cccc(NS(C)(=O)=O)c2)C2CN(CCC3(C(=O)O)Cc4ccccc4C3)CC21. The van der Waals surface area contributed by atoms with Crippen molar-refractivity contribution in [3.8, 4) is 0 Å². The fraction of sp³-hybridized carbons (Fsp3) is 0.500. The number of hydrogen-bond acceptors (Lipinski definition) is 4. The Kier molecular flexibility index (Phi) is 5.33. The van der Waals surface area contributed by atoms with E-state index in [0.717, 1.165) is 26.1 Å². The van der Waals surface area contributed by atoms with E-state index in [-0.39, 0.29) is 5.41 Å². The largest absolute Gasteiger partial charge is 0.481 e. The summed E-state index contributed by atoms with van der Waals surface area (Å²) in [4.78, 5) is 14.7. The quantitative estimate of drug-likeness (QED) is 0.619. The number of carboxylic acid groups (broad SMARTS) is 1. The minimum Gasteiger partial charge on any atom is -0.481 e. The minimum atomic E-state index is -3.31. The summed E-state index contributed by atoms with van der Waals surface area (Å²) in [6.07, 6.45) is 4.11. The molecular formula is C26H32N2O4S. The van der Waals surface area contributed by atoms with E-state index in [4.69, 9.17) is 0 Å². The van der Waals surface area contributed by atoms with E-state index in [1.54, 1.807) is 6.07 Å². The number of hydrogen-bond donors (Lipinski definition) is 2. The van der Waals surface area contributed by atoms with Crippen LogP contribution in [0.2, 0.25) is 0 Å². The Morgan fingerprint density at radius 1 is 1.09 bits per heavy atom. The van der Waals surface area contributed by atoms with Gasteiger partial charge in [0.25, 0.3) is 0 Å². The number of likely N-dealkylation sites (tertiary alicyclic amines) is 1. The van der Waals surface area contributed by atoms with Gasteiger partial charge in [-0.2, -0.15) is 0 Å². The summed E-state index contributed by atoms with van der Waals surface area (Å²) in [5.74, 6) is 0.399. The number of carbonyl (C=O) groups is 1. The fourth-order valence-electron chi connectivity index (χ4n) is 6.74. The van der Waals surface area contributed by atoms with Crippen molar-refractivity contribution in [1.29, 1.82) is 0 Å². The third-order valence-corrected chi connectivity index (χ3v) is 9.04. The van der Waals surface area contributed by atoms with E-state index in [2.05, 4.69) is 34.7 Å². The zero-order valence-corrected chi connectivity index (χ0v) is 20.1. The lowest BCUT2D eigenvalue weighted by molar-refractivity contribution is -0.149. The summed E-state index contributed by atoms with van der Waals surface area (Å²) < 4.78 is 25.9. The Hall–Kier alpha value is -2.38. The average molecular weight is 469 g/mol. The van der Waals surface area contributed by atoms with Gasteiger partial charge in [-0.1, -0.05) is 43.3 Å². The standard InChI is InChI=1S/C26H32N2O4S/c1-3-26(20-9-6-10-21(13-20)27-33(2,31)32)22-16-28(17-23(22)26)12-11-25(24(29)30)14-18-7-4-5-8-19(18)15-25/h4-10,13,22-23,27H,3,11-12,14-17H2,1-2H3,(H,29,30). The molecule has 2 atom stereocenters. The first kappa shape index (κ1) is 22.4. The number of anilines is 1. The molecule has 0 radical (unpaired) electrons. The second-order valence-corrected chi connectivity index (χ2v) is 12.0. The summed E-state index contributed by atoms with van der Waals surface area (Å²) in [6.45, 7) is 4.98. The van der Waals surface area contributed by atoms with Gasteiger partial charge in [0.15, 0.2) is 0 Å². The van der Waals surface area contributed by atoms with Crippen LogP contribution in [0.5, 0.6) is 0 Å². The molecule has 33 heavy (non-hydrogen) atoms. The molecule has 176 valence electrons. The summed E-state index contributed by atoms with van der Waals surface area (Å²) in [6, 6.07) is 16.0. The van der Waals surface area contributed by atoms with Crippen LogP contribution in [-0.2, 0) is 33.1 Å². The van der Waals surface area contributed by atoms with Crippen molar-refractivity contribution in [3.63, 3.8) is 0 Å². The Labute approximate surface area is 196 Å². The highest BCUT2D eigenvalue weighted by Crippen LogP contribution is 2.65. The fourth-order valence-corrected chi connectivity index (χ4v) is 7.30. The molecule has 0 spiro atoms. The van der Waals surface area contributed by atoms with Crippen LogP contribution < -0.4 is 4.72 Å². The number of piperidine rings is 1. The molecule has 2 aromatic rings. The first-order valence-electron chi connectivity index (χ1n) is 11.8. The van der Waals surface area contributed by atoms with Gasteiger partial charge in [0.1, 0.15) is 0 Å². The molecule has 0 aromatic heterocycles. The highest BCUT2D eigenvalue weighted by Gasteiger charge is 2.67. The number of sulfonamides is 1. The first-order chi connectivity index (χ1) is 15.7. The molecule has 0 amide bonds. The van der Waals surface area contributed by atoms with Crippen LogP contribution in [0.4, 0.5) is 5.69 Å². The third kappa shape index (κ3) is 3.85. The third-order valence-electron chi connectivity index (χ3n) is 8.43. The number of benzene rings is 2. The molecule has 7 heteroatoms. The van der Waals surface area contributed by atoms with Crippen molar-refractivity contribution in [2.75, 3.05) is 30.6 Å². The van der Waals surface area contributed by atoms with E-state index in [1.807, 2.05) is 24.3 Å². The van der Waals surface area contributed by atoms with Crippen molar-refractivity contribution in [3.05, 3.63) is 65.2 Å². The number of fused-ring (bicyclic) bond motifs is 2. The van der Waals surface area contributed by atoms with Gasteiger partial charge >= 0.3 is 5.97 Å². The number of aliphatic carboxylic acids is 1. The van der Waals surface area contributed by atoms with Gasteiger partial charge in [-0.25, -0.2) is 8.42 Å². The van der Waals surface area contributed by atoms with Crippen molar-refractivity contribution in [1.82, 2.24) is 4.90 Å². The molecule has 2 unspecified atom stereocenters. The van der Waals surface area contributed by atoms with Gasteiger partial charge in [0.05, 0.1) is 11.7 Å². The predicted molar refractivity (Wildman–Crippen MR) is 129 cm³/mol. The van der Waals surface area contributed by atoms with Crippen molar-refractivity contribution in [2.24, 2.45) is 17.3 Å². The zero-order valence-electron chi connectivity index (χ0n) is 19.3. The lowest BCUT2D eigenvalue weighted by Crippen LogP contribution is -2.38. The van der Waals surface area contributed by atoms with E-state index < -0.39 is 21.4 Å². The van der Waals surface area contributed by atoms with Crippen LogP contribution in [0, 0.1) is 17.3 Å². The number of rotatable bonds is 8. The van der Waals surface area contributed by atoms with Crippen molar-refractivity contribution < 1.29 is 18.3 Å². The van der Waals surface area contributed by atoms with Crippen LogP contribution >= 0.6 is 0 Å². The summed E-state index contributed by atoms with van der Waals surface area (Å²) in [5.41, 5.74) is 3.59. The van der Waals surface area contributed by atoms with Gasteiger partial charge in [-0.3, -0.25) is 9.52 Å². The molecule has 1 saturated carbocycles. The zero-order chi connectivity index (χ0) is 23.4. The Morgan fingerprint density at radius 3 is 2.27 bits per heavy atom. The van der Waals surface area contributed by atoms with Gasteiger partial charge in [-0.15, -0.1) is 0 Å². The van der Waals surface area contributed by atoms with Gasteiger partial charge < -0.3 is 10.0 Å². The molecule has 5 rings (SSSR count). The molecular weight excluding hydrogens is 436 g/mol. The smallest absolute Gasteiger partial charge is 0.310 e. The van der Waals surface area contributed by atoms with Crippen LogP contribution in [0.1, 0.15) is 36.5 Å². The number of carboxylic acids is 1. The molecule has 3 aliphatic rings. The van der Waals surface area contributed by atoms with Gasteiger partial charge in [0.2, 0.25) is 10.0 Å². The Bertz CT molecular complexity index is 1160. The maximum Gasteiger partial charge on any atom is 0.310 e. The molecule has 2 N–H and O–H groups in total. The highest BCUT2D eigenvalue weighted by atomic mass is 32.2. The van der Waals surface area contributed by atoms with E-state index >= 15 is 0 Å². The lowest BCUT2D eigenvalue weighted by atomic mass is 9.81. The van der Waals surface area contributed by atoms with Crippen molar-refractivity contribution in [2.45, 2.75) is 38.0 Å².